The first-order chi connectivity index (χ1) is 7.50. The quantitative estimate of drug-likeness (QED) is 0.778. The highest BCUT2D eigenvalue weighted by molar-refractivity contribution is 5.80. The van der Waals surface area contributed by atoms with E-state index >= 15 is 0 Å². The van der Waals surface area contributed by atoms with Crippen molar-refractivity contribution >= 4 is 10.9 Å². The molecule has 1 aromatic carbocycles. The van der Waals surface area contributed by atoms with Crippen molar-refractivity contribution in [1.82, 2.24) is 4.98 Å². The third-order valence-corrected chi connectivity index (χ3v) is 2.97. The maximum Gasteiger partial charge on any atom is 0.193 e. The predicted octanol–water partition coefficient (Wildman–Crippen LogP) is 3.27. The van der Waals surface area contributed by atoms with Gasteiger partial charge in [0.05, 0.1) is 0 Å². The van der Waals surface area contributed by atoms with E-state index in [-0.39, 0.29) is 11.3 Å². The zero-order valence-electron chi connectivity index (χ0n) is 10.2. The van der Waals surface area contributed by atoms with Gasteiger partial charge < -0.3 is 4.98 Å². The maximum atomic E-state index is 12.3. The van der Waals surface area contributed by atoms with Gasteiger partial charge in [-0.15, -0.1) is 0 Å². The average Bonchev–Trinajstić information content (AvgIpc) is 2.19. The largest absolute Gasteiger partial charge is 0.358 e. The molecule has 2 rings (SSSR count). The SMILES string of the molecule is Cc1ccc2[nH]c(C)c(C(C)C)c(=O)c2c1. The molecule has 2 nitrogen and oxygen atoms in total. The first-order valence-corrected chi connectivity index (χ1v) is 5.64. The summed E-state index contributed by atoms with van der Waals surface area (Å²) >= 11 is 0. The molecule has 0 amide bonds. The van der Waals surface area contributed by atoms with Crippen molar-refractivity contribution in [3.8, 4) is 0 Å². The molecule has 2 heteroatoms. The molecule has 0 bridgehead atoms. The van der Waals surface area contributed by atoms with Crippen LogP contribution in [0.3, 0.4) is 0 Å². The minimum absolute atomic E-state index is 0.171. The van der Waals surface area contributed by atoms with Crippen molar-refractivity contribution in [2.45, 2.75) is 33.6 Å². The average molecular weight is 215 g/mol. The van der Waals surface area contributed by atoms with E-state index in [0.29, 0.717) is 0 Å². The molecule has 16 heavy (non-hydrogen) atoms. The lowest BCUT2D eigenvalue weighted by atomic mass is 9.98. The first kappa shape index (κ1) is 10.9. The Morgan fingerprint density at radius 2 is 1.88 bits per heavy atom. The molecule has 1 N–H and O–H groups in total. The van der Waals surface area contributed by atoms with Crippen molar-refractivity contribution in [3.05, 3.63) is 45.2 Å². The number of H-pyrrole nitrogens is 1. The highest BCUT2D eigenvalue weighted by Crippen LogP contribution is 2.18. The first-order valence-electron chi connectivity index (χ1n) is 5.64. The fourth-order valence-electron chi connectivity index (χ4n) is 2.23. The molecular weight excluding hydrogens is 198 g/mol. The van der Waals surface area contributed by atoms with Crippen molar-refractivity contribution in [2.75, 3.05) is 0 Å². The second-order valence-corrected chi connectivity index (χ2v) is 4.70. The second kappa shape index (κ2) is 3.78. The van der Waals surface area contributed by atoms with Gasteiger partial charge in [-0.3, -0.25) is 4.79 Å². The Morgan fingerprint density at radius 3 is 2.50 bits per heavy atom. The van der Waals surface area contributed by atoms with Crippen molar-refractivity contribution in [3.63, 3.8) is 0 Å². The molecule has 0 fully saturated rings. The topological polar surface area (TPSA) is 32.9 Å². The van der Waals surface area contributed by atoms with Crippen LogP contribution in [0.5, 0.6) is 0 Å². The van der Waals surface area contributed by atoms with E-state index in [1.807, 2.05) is 32.0 Å². The lowest BCUT2D eigenvalue weighted by Crippen LogP contribution is -2.14. The third-order valence-electron chi connectivity index (χ3n) is 2.97. The molecular formula is C14H17NO. The van der Waals surface area contributed by atoms with Gasteiger partial charge in [0.1, 0.15) is 0 Å². The standard InChI is InChI=1S/C14H17NO/c1-8(2)13-10(4)15-12-6-5-9(3)7-11(12)14(13)16/h5-8H,1-4H3,(H,15,16). The smallest absolute Gasteiger partial charge is 0.193 e. The van der Waals surface area contributed by atoms with Gasteiger partial charge in [0.2, 0.25) is 0 Å². The number of aromatic nitrogens is 1. The normalized spacial score (nSPS) is 11.3. The Labute approximate surface area is 95.3 Å². The van der Waals surface area contributed by atoms with E-state index in [0.717, 1.165) is 27.7 Å². The molecule has 0 saturated carbocycles. The van der Waals surface area contributed by atoms with Crippen molar-refractivity contribution in [2.24, 2.45) is 0 Å². The molecule has 2 aromatic rings. The molecule has 84 valence electrons. The molecule has 0 saturated heterocycles. The van der Waals surface area contributed by atoms with Crippen LogP contribution in [0.25, 0.3) is 10.9 Å². The number of aromatic amines is 1. The van der Waals surface area contributed by atoms with Gasteiger partial charge >= 0.3 is 0 Å². The predicted molar refractivity (Wildman–Crippen MR) is 68.1 cm³/mol. The van der Waals surface area contributed by atoms with E-state index in [1.54, 1.807) is 0 Å². The van der Waals surface area contributed by atoms with Gasteiger partial charge in [-0.25, -0.2) is 0 Å². The number of hydrogen-bond acceptors (Lipinski definition) is 1. The van der Waals surface area contributed by atoms with E-state index < -0.39 is 0 Å². The van der Waals surface area contributed by atoms with Crippen molar-refractivity contribution < 1.29 is 0 Å². The van der Waals surface area contributed by atoms with Gasteiger partial charge in [0.15, 0.2) is 5.43 Å². The van der Waals surface area contributed by atoms with Gasteiger partial charge in [0.25, 0.3) is 0 Å². The van der Waals surface area contributed by atoms with E-state index in [9.17, 15) is 4.79 Å². The summed E-state index contributed by atoms with van der Waals surface area (Å²) in [5.41, 5.74) is 4.11. The van der Waals surface area contributed by atoms with Crippen LogP contribution in [0, 0.1) is 13.8 Å². The minimum atomic E-state index is 0.171. The summed E-state index contributed by atoms with van der Waals surface area (Å²) in [4.78, 5) is 15.6. The van der Waals surface area contributed by atoms with Crippen LogP contribution in [-0.4, -0.2) is 4.98 Å². The molecule has 0 radical (unpaired) electrons. The number of nitrogens with one attached hydrogen (secondary N) is 1. The van der Waals surface area contributed by atoms with Gasteiger partial charge in [0, 0.05) is 22.2 Å². The fraction of sp³-hybridized carbons (Fsp3) is 0.357. The number of rotatable bonds is 1. The summed E-state index contributed by atoms with van der Waals surface area (Å²) < 4.78 is 0. The molecule has 0 aliphatic rings. The lowest BCUT2D eigenvalue weighted by Gasteiger charge is -2.11. The summed E-state index contributed by atoms with van der Waals surface area (Å²) in [5, 5.41) is 0.800. The summed E-state index contributed by atoms with van der Waals surface area (Å²) in [7, 11) is 0. The maximum absolute atomic E-state index is 12.3. The Balaban J connectivity index is 2.91. The number of fused-ring (bicyclic) bond motifs is 1. The number of aryl methyl sites for hydroxylation is 2. The highest BCUT2D eigenvalue weighted by atomic mass is 16.1. The zero-order valence-corrected chi connectivity index (χ0v) is 10.2. The molecule has 0 unspecified atom stereocenters. The van der Waals surface area contributed by atoms with Gasteiger partial charge in [-0.05, 0) is 31.9 Å². The number of benzene rings is 1. The van der Waals surface area contributed by atoms with Gasteiger partial charge in [-0.2, -0.15) is 0 Å². The van der Waals surface area contributed by atoms with E-state index in [1.165, 1.54) is 0 Å². The Hall–Kier alpha value is -1.57. The molecule has 1 aromatic heterocycles. The Bertz CT molecular complexity index is 593. The molecule has 0 spiro atoms. The van der Waals surface area contributed by atoms with Crippen LogP contribution in [0.15, 0.2) is 23.0 Å². The summed E-state index contributed by atoms with van der Waals surface area (Å²) in [6, 6.07) is 5.95. The van der Waals surface area contributed by atoms with E-state index in [2.05, 4.69) is 18.8 Å². The lowest BCUT2D eigenvalue weighted by molar-refractivity contribution is 0.839. The molecule has 0 aliphatic carbocycles. The summed E-state index contributed by atoms with van der Waals surface area (Å²) in [6.45, 7) is 8.09. The Morgan fingerprint density at radius 1 is 1.19 bits per heavy atom. The Kier molecular flexibility index (Phi) is 2.58. The van der Waals surface area contributed by atoms with Crippen LogP contribution < -0.4 is 5.43 Å². The van der Waals surface area contributed by atoms with Crippen LogP contribution >= 0.6 is 0 Å². The number of pyridine rings is 1. The number of hydrogen-bond donors (Lipinski definition) is 1. The third kappa shape index (κ3) is 1.64. The second-order valence-electron chi connectivity index (χ2n) is 4.70. The molecule has 1 heterocycles. The van der Waals surface area contributed by atoms with E-state index in [4.69, 9.17) is 0 Å². The zero-order chi connectivity index (χ0) is 11.9. The van der Waals surface area contributed by atoms with Crippen molar-refractivity contribution in [1.29, 1.82) is 0 Å². The summed E-state index contributed by atoms with van der Waals surface area (Å²) in [6.07, 6.45) is 0. The van der Waals surface area contributed by atoms with Crippen LogP contribution in [0.4, 0.5) is 0 Å². The monoisotopic (exact) mass is 215 g/mol. The molecule has 0 atom stereocenters. The van der Waals surface area contributed by atoms with Crippen LogP contribution in [0.2, 0.25) is 0 Å². The molecule has 0 aliphatic heterocycles. The minimum Gasteiger partial charge on any atom is -0.358 e. The fourth-order valence-corrected chi connectivity index (χ4v) is 2.23. The van der Waals surface area contributed by atoms with Gasteiger partial charge in [-0.1, -0.05) is 25.5 Å². The summed E-state index contributed by atoms with van der Waals surface area (Å²) in [5.74, 6) is 0.258. The highest BCUT2D eigenvalue weighted by Gasteiger charge is 2.11. The van der Waals surface area contributed by atoms with Crippen LogP contribution in [-0.2, 0) is 0 Å². The van der Waals surface area contributed by atoms with Crippen LogP contribution in [0.1, 0.15) is 36.6 Å².